The maximum absolute atomic E-state index is 13.6. The fourth-order valence-electron chi connectivity index (χ4n) is 5.16. The van der Waals surface area contributed by atoms with Gasteiger partial charge in [0.25, 0.3) is 0 Å². The molecule has 0 unspecified atom stereocenters. The molecule has 2 amide bonds. The summed E-state index contributed by atoms with van der Waals surface area (Å²) in [7, 11) is 0. The molecule has 2 aliphatic heterocycles. The molecule has 2 fully saturated rings. The van der Waals surface area contributed by atoms with E-state index >= 15 is 0 Å². The van der Waals surface area contributed by atoms with E-state index in [1.54, 1.807) is 18.7 Å². The van der Waals surface area contributed by atoms with Crippen LogP contribution in [0.3, 0.4) is 0 Å². The normalized spacial score (nSPS) is 29.4. The number of nitrogens with one attached hydrogen (secondary N) is 1. The average Bonchev–Trinajstić information content (AvgIpc) is 3.34. The molecule has 0 radical (unpaired) electrons. The molecule has 0 bridgehead atoms. The molecule has 0 spiro atoms. The Morgan fingerprint density at radius 1 is 1.11 bits per heavy atom. The lowest BCUT2D eigenvalue weighted by Gasteiger charge is -2.34. The van der Waals surface area contributed by atoms with Crippen molar-refractivity contribution < 1.29 is 29.3 Å². The van der Waals surface area contributed by atoms with Gasteiger partial charge < -0.3 is 25.2 Å². The molecule has 0 saturated carbocycles. The summed E-state index contributed by atoms with van der Waals surface area (Å²) < 4.78 is 5.96. The predicted molar refractivity (Wildman–Crippen MR) is 136 cm³/mol. The number of aliphatic hydroxyl groups excluding tert-OH is 2. The number of amides is 2. The molecule has 2 aliphatic rings. The SMILES string of the molecule is C[C@H](CCCC[C@@H](C)O)[C@H]1C[C@H](O)[C@@H](C)C(=O)N[C@H](Cc2ccccc2)C(=O)N2CCC[C@H]2C(=O)O1. The van der Waals surface area contributed by atoms with Gasteiger partial charge in [-0.15, -0.1) is 0 Å². The van der Waals surface area contributed by atoms with Crippen LogP contribution in [0.5, 0.6) is 0 Å². The third-order valence-corrected chi connectivity index (χ3v) is 7.60. The van der Waals surface area contributed by atoms with Crippen LogP contribution in [0.1, 0.15) is 71.3 Å². The van der Waals surface area contributed by atoms with Crippen molar-refractivity contribution in [2.75, 3.05) is 6.54 Å². The number of cyclic esters (lactones) is 1. The molecule has 7 atom stereocenters. The lowest BCUT2D eigenvalue weighted by atomic mass is 9.89. The monoisotopic (exact) mass is 502 g/mol. The summed E-state index contributed by atoms with van der Waals surface area (Å²) in [6.45, 7) is 5.83. The molecule has 200 valence electrons. The number of unbranched alkanes of at least 4 members (excludes halogenated alkanes) is 1. The van der Waals surface area contributed by atoms with E-state index in [1.807, 2.05) is 37.3 Å². The molecule has 2 saturated heterocycles. The maximum Gasteiger partial charge on any atom is 0.329 e. The van der Waals surface area contributed by atoms with Crippen molar-refractivity contribution in [2.45, 2.75) is 103 Å². The molecular formula is C28H42N2O6. The highest BCUT2D eigenvalue weighted by atomic mass is 16.5. The van der Waals surface area contributed by atoms with E-state index in [0.29, 0.717) is 32.2 Å². The van der Waals surface area contributed by atoms with Crippen molar-refractivity contribution >= 4 is 17.8 Å². The number of nitrogens with zero attached hydrogens (tertiary/aromatic N) is 1. The number of aliphatic hydroxyl groups is 2. The van der Waals surface area contributed by atoms with Crippen LogP contribution in [0.25, 0.3) is 0 Å². The Morgan fingerprint density at radius 3 is 2.50 bits per heavy atom. The largest absolute Gasteiger partial charge is 0.460 e. The predicted octanol–water partition coefficient (Wildman–Crippen LogP) is 2.59. The minimum atomic E-state index is -1.02. The molecule has 3 rings (SSSR count). The maximum atomic E-state index is 13.6. The number of fused-ring (bicyclic) bond motifs is 1. The van der Waals surface area contributed by atoms with Gasteiger partial charge in [-0.25, -0.2) is 4.79 Å². The van der Waals surface area contributed by atoms with Crippen LogP contribution < -0.4 is 5.32 Å². The zero-order chi connectivity index (χ0) is 26.2. The second-order valence-electron chi connectivity index (χ2n) is 10.6. The molecule has 2 heterocycles. The van der Waals surface area contributed by atoms with Crippen molar-refractivity contribution in [2.24, 2.45) is 11.8 Å². The van der Waals surface area contributed by atoms with Gasteiger partial charge in [0, 0.05) is 19.4 Å². The van der Waals surface area contributed by atoms with Crippen molar-refractivity contribution in [3.05, 3.63) is 35.9 Å². The van der Waals surface area contributed by atoms with Gasteiger partial charge in [-0.3, -0.25) is 9.59 Å². The van der Waals surface area contributed by atoms with Gasteiger partial charge in [0.05, 0.1) is 18.1 Å². The Labute approximate surface area is 214 Å². The third-order valence-electron chi connectivity index (χ3n) is 7.60. The zero-order valence-electron chi connectivity index (χ0n) is 21.8. The van der Waals surface area contributed by atoms with Gasteiger partial charge in [-0.1, -0.05) is 57.0 Å². The van der Waals surface area contributed by atoms with Crippen LogP contribution in [-0.4, -0.2) is 69.8 Å². The van der Waals surface area contributed by atoms with Gasteiger partial charge in [0.2, 0.25) is 11.8 Å². The van der Waals surface area contributed by atoms with E-state index in [2.05, 4.69) is 5.32 Å². The lowest BCUT2D eigenvalue weighted by molar-refractivity contribution is -0.163. The van der Waals surface area contributed by atoms with Crippen molar-refractivity contribution in [1.82, 2.24) is 10.2 Å². The fourth-order valence-corrected chi connectivity index (χ4v) is 5.16. The first-order valence-electron chi connectivity index (χ1n) is 13.4. The van der Waals surface area contributed by atoms with Gasteiger partial charge >= 0.3 is 5.97 Å². The molecule has 1 aromatic rings. The minimum absolute atomic E-state index is 0.0350. The smallest absolute Gasteiger partial charge is 0.329 e. The first-order valence-corrected chi connectivity index (χ1v) is 13.4. The van der Waals surface area contributed by atoms with Crippen LogP contribution in [0.15, 0.2) is 30.3 Å². The van der Waals surface area contributed by atoms with E-state index in [4.69, 9.17) is 4.74 Å². The van der Waals surface area contributed by atoms with Crippen LogP contribution in [0.4, 0.5) is 0 Å². The Bertz CT molecular complexity index is 876. The van der Waals surface area contributed by atoms with E-state index in [1.165, 1.54) is 0 Å². The van der Waals surface area contributed by atoms with E-state index in [9.17, 15) is 24.6 Å². The Hall–Kier alpha value is -2.45. The van der Waals surface area contributed by atoms with Gasteiger partial charge in [0.15, 0.2) is 0 Å². The molecule has 1 aromatic carbocycles. The van der Waals surface area contributed by atoms with Gasteiger partial charge in [0.1, 0.15) is 18.2 Å². The highest BCUT2D eigenvalue weighted by Gasteiger charge is 2.41. The fraction of sp³-hybridized carbons (Fsp3) is 0.679. The number of hydrogen-bond donors (Lipinski definition) is 3. The summed E-state index contributed by atoms with van der Waals surface area (Å²) in [6, 6.07) is 7.93. The number of carbonyl (C=O) groups excluding carboxylic acids is 3. The number of carbonyl (C=O) groups is 3. The molecule has 36 heavy (non-hydrogen) atoms. The highest BCUT2D eigenvalue weighted by Crippen LogP contribution is 2.27. The Morgan fingerprint density at radius 2 is 1.81 bits per heavy atom. The summed E-state index contributed by atoms with van der Waals surface area (Å²) in [4.78, 5) is 41.6. The van der Waals surface area contributed by atoms with E-state index < -0.39 is 36.2 Å². The number of benzene rings is 1. The van der Waals surface area contributed by atoms with Gasteiger partial charge in [-0.05, 0) is 44.1 Å². The summed E-state index contributed by atoms with van der Waals surface area (Å²) in [5, 5.41) is 23.3. The quantitative estimate of drug-likeness (QED) is 0.372. The molecule has 8 nitrogen and oxygen atoms in total. The highest BCUT2D eigenvalue weighted by molar-refractivity contribution is 5.92. The summed E-state index contributed by atoms with van der Waals surface area (Å²) in [6.07, 6.45) is 2.93. The number of hydrogen-bond acceptors (Lipinski definition) is 6. The van der Waals surface area contributed by atoms with Gasteiger partial charge in [-0.2, -0.15) is 0 Å². The summed E-state index contributed by atoms with van der Waals surface area (Å²) >= 11 is 0. The van der Waals surface area contributed by atoms with Crippen LogP contribution in [0, 0.1) is 11.8 Å². The van der Waals surface area contributed by atoms with Crippen LogP contribution in [0.2, 0.25) is 0 Å². The second kappa shape index (κ2) is 13.2. The zero-order valence-corrected chi connectivity index (χ0v) is 21.8. The Balaban J connectivity index is 1.80. The minimum Gasteiger partial charge on any atom is -0.460 e. The van der Waals surface area contributed by atoms with Crippen molar-refractivity contribution in [3.63, 3.8) is 0 Å². The lowest BCUT2D eigenvalue weighted by Crippen LogP contribution is -2.55. The number of esters is 1. The first-order chi connectivity index (χ1) is 17.2. The first kappa shape index (κ1) is 28.1. The Kier molecular flexibility index (Phi) is 10.3. The molecule has 3 N–H and O–H groups in total. The van der Waals surface area contributed by atoms with E-state index in [0.717, 1.165) is 24.8 Å². The molecule has 8 heteroatoms. The average molecular weight is 503 g/mol. The van der Waals surface area contributed by atoms with E-state index in [-0.39, 0.29) is 30.3 Å². The van der Waals surface area contributed by atoms with Crippen molar-refractivity contribution in [1.29, 1.82) is 0 Å². The standard InChI is InChI=1S/C28H42N2O6/c1-18(10-7-8-11-19(2)31)25-17-24(32)20(3)26(33)29-22(16-21-12-5-4-6-13-21)27(34)30-15-9-14-23(30)28(35)36-25/h4-6,12-13,18-20,22-25,31-32H,7-11,14-17H2,1-3H3,(H,29,33)/t18-,19-,20-,22-,23+,24+,25-/m1/s1. The molecular weight excluding hydrogens is 460 g/mol. The molecule has 0 aromatic heterocycles. The number of rotatable bonds is 8. The van der Waals surface area contributed by atoms with Crippen LogP contribution >= 0.6 is 0 Å². The topological polar surface area (TPSA) is 116 Å². The van der Waals surface area contributed by atoms with Crippen molar-refractivity contribution in [3.8, 4) is 0 Å². The van der Waals surface area contributed by atoms with Crippen LogP contribution in [-0.2, 0) is 25.5 Å². The summed E-state index contributed by atoms with van der Waals surface area (Å²) in [5.74, 6) is -1.92. The summed E-state index contributed by atoms with van der Waals surface area (Å²) in [5.41, 5.74) is 0.902. The third kappa shape index (κ3) is 7.53. The second-order valence-corrected chi connectivity index (χ2v) is 10.6. The molecule has 0 aliphatic carbocycles. The number of ether oxygens (including phenoxy) is 1.